The van der Waals surface area contributed by atoms with E-state index in [1.165, 1.54) is 6.07 Å². The van der Waals surface area contributed by atoms with Crippen LogP contribution in [-0.4, -0.2) is 28.0 Å². The van der Waals surface area contributed by atoms with Crippen molar-refractivity contribution < 1.29 is 18.0 Å². The van der Waals surface area contributed by atoms with Gasteiger partial charge in [-0.15, -0.1) is 0 Å². The molecule has 21 heavy (non-hydrogen) atoms. The van der Waals surface area contributed by atoms with E-state index in [0.717, 1.165) is 0 Å². The first kappa shape index (κ1) is 17.5. The highest BCUT2D eigenvalue weighted by atomic mass is 35.5. The van der Waals surface area contributed by atoms with Crippen molar-refractivity contribution in [2.75, 3.05) is 11.9 Å². The molecule has 0 spiro atoms. The average Bonchev–Trinajstić information content (AvgIpc) is 2.24. The Morgan fingerprint density at radius 3 is 2.43 bits per heavy atom. The summed E-state index contributed by atoms with van der Waals surface area (Å²) in [6, 6.07) is 1.17. The molecule has 0 aliphatic carbocycles. The van der Waals surface area contributed by atoms with Crippen LogP contribution in [0, 0.1) is 0 Å². The van der Waals surface area contributed by atoms with E-state index < -0.39 is 12.0 Å². The third kappa shape index (κ3) is 6.61. The van der Waals surface area contributed by atoms with E-state index in [-0.39, 0.29) is 35.4 Å². The fourth-order valence-electron chi connectivity index (χ4n) is 1.42. The van der Waals surface area contributed by atoms with Gasteiger partial charge in [0.15, 0.2) is 0 Å². The number of carbonyl (C=O) groups excluding carboxylic acids is 1. The Balaban J connectivity index is 2.60. The maximum atomic E-state index is 12.5. The zero-order valence-electron chi connectivity index (χ0n) is 11.8. The van der Waals surface area contributed by atoms with Crippen molar-refractivity contribution in [2.45, 2.75) is 38.9 Å². The summed E-state index contributed by atoms with van der Waals surface area (Å²) < 4.78 is 37.5. The topological polar surface area (TPSA) is 66.9 Å². The lowest BCUT2D eigenvalue weighted by atomic mass is 10.1. The van der Waals surface area contributed by atoms with Gasteiger partial charge in [-0.2, -0.15) is 13.2 Å². The molecule has 1 aromatic rings. The molecule has 1 heterocycles. The average molecular weight is 325 g/mol. The van der Waals surface area contributed by atoms with Gasteiger partial charge < -0.3 is 10.6 Å². The maximum absolute atomic E-state index is 12.5. The molecule has 0 saturated carbocycles. The summed E-state index contributed by atoms with van der Waals surface area (Å²) in [4.78, 5) is 18.0. The van der Waals surface area contributed by atoms with Gasteiger partial charge in [0.05, 0.1) is 0 Å². The largest absolute Gasteiger partial charge is 0.451 e. The van der Waals surface area contributed by atoms with Gasteiger partial charge in [0.2, 0.25) is 11.7 Å². The van der Waals surface area contributed by atoms with Crippen molar-refractivity contribution in [3.05, 3.63) is 17.0 Å². The van der Waals surface area contributed by atoms with Crippen LogP contribution in [0.5, 0.6) is 0 Å². The number of nitrogens with zero attached hydrogens (tertiary/aromatic N) is 2. The predicted molar refractivity (Wildman–Crippen MR) is 73.0 cm³/mol. The van der Waals surface area contributed by atoms with Gasteiger partial charge >= 0.3 is 6.18 Å². The number of rotatable bonds is 4. The monoisotopic (exact) mass is 324 g/mol. The van der Waals surface area contributed by atoms with Gasteiger partial charge in [-0.25, -0.2) is 9.97 Å². The molecule has 0 saturated heterocycles. The van der Waals surface area contributed by atoms with E-state index in [4.69, 9.17) is 11.6 Å². The van der Waals surface area contributed by atoms with E-state index in [9.17, 15) is 18.0 Å². The zero-order valence-corrected chi connectivity index (χ0v) is 12.6. The summed E-state index contributed by atoms with van der Waals surface area (Å²) in [5.41, 5.74) is -0.362. The molecule has 1 amide bonds. The van der Waals surface area contributed by atoms with Crippen molar-refractivity contribution in [2.24, 2.45) is 0 Å². The molecule has 2 N–H and O–H groups in total. The summed E-state index contributed by atoms with van der Waals surface area (Å²) in [6.07, 6.45) is -4.58. The Morgan fingerprint density at radius 2 is 1.90 bits per heavy atom. The number of aromatic nitrogens is 2. The molecule has 0 atom stereocenters. The second-order valence-corrected chi connectivity index (χ2v) is 5.76. The minimum atomic E-state index is -4.68. The lowest BCUT2D eigenvalue weighted by molar-refractivity contribution is -0.144. The second kappa shape index (κ2) is 6.46. The summed E-state index contributed by atoms with van der Waals surface area (Å²) in [5, 5.41) is 5.03. The normalized spacial score (nSPS) is 12.1. The molecule has 0 aliphatic rings. The zero-order chi connectivity index (χ0) is 16.3. The van der Waals surface area contributed by atoms with Crippen LogP contribution in [0.15, 0.2) is 6.07 Å². The first-order valence-corrected chi connectivity index (χ1v) is 6.52. The molecule has 0 unspecified atom stereocenters. The maximum Gasteiger partial charge on any atom is 0.451 e. The molecule has 118 valence electrons. The Bertz CT molecular complexity index is 514. The summed E-state index contributed by atoms with van der Waals surface area (Å²) in [6.45, 7) is 5.63. The van der Waals surface area contributed by atoms with E-state index in [2.05, 4.69) is 20.6 Å². The van der Waals surface area contributed by atoms with Crippen LogP contribution in [-0.2, 0) is 11.0 Å². The second-order valence-electron chi connectivity index (χ2n) is 5.37. The van der Waals surface area contributed by atoms with Crippen molar-refractivity contribution in [1.29, 1.82) is 0 Å². The van der Waals surface area contributed by atoms with Crippen molar-refractivity contribution >= 4 is 23.3 Å². The molecule has 1 aromatic heterocycles. The Morgan fingerprint density at radius 1 is 1.29 bits per heavy atom. The summed E-state index contributed by atoms with van der Waals surface area (Å²) in [5.74, 6) is -1.62. The molecule has 0 aliphatic heterocycles. The standard InChI is InChI=1S/C12H16ClF3N4O/c1-11(2,3)20-9(21)4-5-17-8-6-7(13)18-10(19-8)12(14,15)16/h6H,4-5H2,1-3H3,(H,20,21)(H,17,18,19). The Kier molecular flexibility index (Phi) is 5.38. The van der Waals surface area contributed by atoms with Crippen LogP contribution in [0.2, 0.25) is 5.15 Å². The number of hydrogen-bond acceptors (Lipinski definition) is 4. The van der Waals surface area contributed by atoms with Crippen molar-refractivity contribution in [3.8, 4) is 0 Å². The molecule has 0 fully saturated rings. The van der Waals surface area contributed by atoms with Crippen molar-refractivity contribution in [1.82, 2.24) is 15.3 Å². The predicted octanol–water partition coefficient (Wildman–Crippen LogP) is 2.87. The number of nitrogens with one attached hydrogen (secondary N) is 2. The fourth-order valence-corrected chi connectivity index (χ4v) is 1.60. The first-order valence-electron chi connectivity index (χ1n) is 6.14. The quantitative estimate of drug-likeness (QED) is 0.836. The molecule has 0 radical (unpaired) electrons. The van der Waals surface area contributed by atoms with Crippen LogP contribution in [0.1, 0.15) is 33.0 Å². The van der Waals surface area contributed by atoms with Gasteiger partial charge in [-0.05, 0) is 20.8 Å². The summed E-state index contributed by atoms with van der Waals surface area (Å²) >= 11 is 5.51. The number of halogens is 4. The number of hydrogen-bond donors (Lipinski definition) is 2. The molecular formula is C12H16ClF3N4O. The third-order valence-electron chi connectivity index (χ3n) is 2.12. The lowest BCUT2D eigenvalue weighted by Gasteiger charge is -2.20. The summed E-state index contributed by atoms with van der Waals surface area (Å²) in [7, 11) is 0. The molecular weight excluding hydrogens is 309 g/mol. The molecule has 0 bridgehead atoms. The smallest absolute Gasteiger partial charge is 0.369 e. The van der Waals surface area contributed by atoms with Gasteiger partial charge in [-0.1, -0.05) is 11.6 Å². The first-order chi connectivity index (χ1) is 9.47. The molecule has 5 nitrogen and oxygen atoms in total. The number of anilines is 1. The van der Waals surface area contributed by atoms with E-state index >= 15 is 0 Å². The fraction of sp³-hybridized carbons (Fsp3) is 0.583. The minimum absolute atomic E-state index is 0.0779. The molecule has 9 heteroatoms. The SMILES string of the molecule is CC(C)(C)NC(=O)CCNc1cc(Cl)nc(C(F)(F)F)n1. The minimum Gasteiger partial charge on any atom is -0.369 e. The molecule has 0 aromatic carbocycles. The highest BCUT2D eigenvalue weighted by molar-refractivity contribution is 6.29. The van der Waals surface area contributed by atoms with E-state index in [1.807, 2.05) is 20.8 Å². The van der Waals surface area contributed by atoms with Crippen LogP contribution < -0.4 is 10.6 Å². The Labute approximate surface area is 125 Å². The highest BCUT2D eigenvalue weighted by Gasteiger charge is 2.35. The third-order valence-corrected chi connectivity index (χ3v) is 2.31. The van der Waals surface area contributed by atoms with Crippen LogP contribution >= 0.6 is 11.6 Å². The lowest BCUT2D eigenvalue weighted by Crippen LogP contribution is -2.41. The van der Waals surface area contributed by atoms with Crippen LogP contribution in [0.25, 0.3) is 0 Å². The van der Waals surface area contributed by atoms with Gasteiger partial charge in [-0.3, -0.25) is 4.79 Å². The number of alkyl halides is 3. The number of carbonyl (C=O) groups is 1. The van der Waals surface area contributed by atoms with Gasteiger partial charge in [0, 0.05) is 24.6 Å². The highest BCUT2D eigenvalue weighted by Crippen LogP contribution is 2.28. The van der Waals surface area contributed by atoms with Gasteiger partial charge in [0.1, 0.15) is 11.0 Å². The number of amides is 1. The van der Waals surface area contributed by atoms with Crippen LogP contribution in [0.3, 0.4) is 0 Å². The Hall–Kier alpha value is -1.57. The van der Waals surface area contributed by atoms with E-state index in [0.29, 0.717) is 0 Å². The molecule has 1 rings (SSSR count). The van der Waals surface area contributed by atoms with Crippen LogP contribution in [0.4, 0.5) is 19.0 Å². The van der Waals surface area contributed by atoms with Crippen molar-refractivity contribution in [3.63, 3.8) is 0 Å². The van der Waals surface area contributed by atoms with E-state index in [1.54, 1.807) is 0 Å². The van der Waals surface area contributed by atoms with Gasteiger partial charge in [0.25, 0.3) is 0 Å².